The van der Waals surface area contributed by atoms with Gasteiger partial charge in [-0.1, -0.05) is 0 Å². The first-order valence-corrected chi connectivity index (χ1v) is 5.60. The number of alkyl halides is 3. The number of pyridine rings is 1. The topological polar surface area (TPSA) is 36.7 Å². The molecule has 15 heavy (non-hydrogen) atoms. The summed E-state index contributed by atoms with van der Waals surface area (Å²) >= 11 is 7.52. The maximum Gasteiger partial charge on any atom is 0.265 e. The van der Waals surface area contributed by atoms with Gasteiger partial charge in [0.1, 0.15) is 3.70 Å². The van der Waals surface area contributed by atoms with Crippen LogP contribution in [0.4, 0.5) is 8.78 Å². The SMILES string of the molecule is N#CCc1c(I)ncc(C(F)F)c1CCl. The lowest BCUT2D eigenvalue weighted by molar-refractivity contribution is 0.150. The summed E-state index contributed by atoms with van der Waals surface area (Å²) in [6.45, 7) is 0. The molecule has 0 N–H and O–H groups in total. The highest BCUT2D eigenvalue weighted by Crippen LogP contribution is 2.28. The van der Waals surface area contributed by atoms with E-state index in [1.54, 1.807) is 0 Å². The fourth-order valence-corrected chi connectivity index (χ4v) is 2.16. The Labute approximate surface area is 104 Å². The molecule has 0 radical (unpaired) electrons. The van der Waals surface area contributed by atoms with Crippen LogP contribution in [0.5, 0.6) is 0 Å². The molecule has 0 amide bonds. The van der Waals surface area contributed by atoms with Crippen LogP contribution >= 0.6 is 34.2 Å². The van der Waals surface area contributed by atoms with Crippen LogP contribution in [0.25, 0.3) is 0 Å². The zero-order chi connectivity index (χ0) is 11.4. The van der Waals surface area contributed by atoms with Gasteiger partial charge in [0.25, 0.3) is 6.43 Å². The van der Waals surface area contributed by atoms with Crippen molar-refractivity contribution < 1.29 is 8.78 Å². The number of nitrogens with zero attached hydrogens (tertiary/aromatic N) is 2. The van der Waals surface area contributed by atoms with E-state index in [4.69, 9.17) is 16.9 Å². The summed E-state index contributed by atoms with van der Waals surface area (Å²) in [6, 6.07) is 1.92. The highest BCUT2D eigenvalue weighted by atomic mass is 127. The molecule has 0 bridgehead atoms. The normalized spacial score (nSPS) is 10.4. The lowest BCUT2D eigenvalue weighted by atomic mass is 10.0. The van der Waals surface area contributed by atoms with Crippen molar-refractivity contribution in [3.8, 4) is 6.07 Å². The first-order valence-electron chi connectivity index (χ1n) is 3.99. The quantitative estimate of drug-likeness (QED) is 0.479. The smallest absolute Gasteiger partial charge is 0.249 e. The van der Waals surface area contributed by atoms with Crippen molar-refractivity contribution in [2.24, 2.45) is 0 Å². The van der Waals surface area contributed by atoms with Gasteiger partial charge in [-0.2, -0.15) is 5.26 Å². The van der Waals surface area contributed by atoms with Crippen molar-refractivity contribution in [2.45, 2.75) is 18.7 Å². The Bertz CT molecular complexity index is 404. The van der Waals surface area contributed by atoms with Crippen LogP contribution in [0.1, 0.15) is 23.1 Å². The van der Waals surface area contributed by atoms with E-state index >= 15 is 0 Å². The van der Waals surface area contributed by atoms with Gasteiger partial charge in [-0.25, -0.2) is 13.8 Å². The first-order chi connectivity index (χ1) is 7.11. The van der Waals surface area contributed by atoms with Crippen LogP contribution in [-0.4, -0.2) is 4.98 Å². The molecule has 0 saturated carbocycles. The van der Waals surface area contributed by atoms with Gasteiger partial charge in [-0.15, -0.1) is 11.6 Å². The standard InChI is InChI=1S/C9H6ClF2IN2/c10-3-6-5(1-2-14)9(13)15-4-7(6)8(11)12/h4,8H,1,3H2. The van der Waals surface area contributed by atoms with Crippen molar-refractivity contribution in [1.82, 2.24) is 4.98 Å². The number of aromatic nitrogens is 1. The summed E-state index contributed by atoms with van der Waals surface area (Å²) in [4.78, 5) is 3.82. The van der Waals surface area contributed by atoms with E-state index < -0.39 is 6.43 Å². The molecule has 1 heterocycles. The average Bonchev–Trinajstić information content (AvgIpc) is 2.20. The number of hydrogen-bond acceptors (Lipinski definition) is 2. The largest absolute Gasteiger partial charge is 0.265 e. The lowest BCUT2D eigenvalue weighted by Crippen LogP contribution is -2.03. The Balaban J connectivity index is 3.34. The Morgan fingerprint density at radius 3 is 2.67 bits per heavy atom. The van der Waals surface area contributed by atoms with Crippen molar-refractivity contribution in [3.63, 3.8) is 0 Å². The first kappa shape index (κ1) is 12.6. The number of halogens is 4. The lowest BCUT2D eigenvalue weighted by Gasteiger charge is -2.11. The Morgan fingerprint density at radius 1 is 1.53 bits per heavy atom. The van der Waals surface area contributed by atoms with E-state index in [9.17, 15) is 8.78 Å². The molecule has 6 heteroatoms. The average molecular weight is 343 g/mol. The van der Waals surface area contributed by atoms with Crippen molar-refractivity contribution in [2.75, 3.05) is 0 Å². The van der Waals surface area contributed by atoms with Crippen LogP contribution < -0.4 is 0 Å². The minimum absolute atomic E-state index is 0.0325. The van der Waals surface area contributed by atoms with Crippen LogP contribution in [0, 0.1) is 15.0 Å². The maximum atomic E-state index is 12.6. The summed E-state index contributed by atoms with van der Waals surface area (Å²) in [5.74, 6) is -0.0325. The second kappa shape index (κ2) is 5.56. The van der Waals surface area contributed by atoms with Crippen molar-refractivity contribution in [1.29, 1.82) is 5.26 Å². The summed E-state index contributed by atoms with van der Waals surface area (Å²) in [5.41, 5.74) is 0.647. The van der Waals surface area contributed by atoms with Crippen molar-refractivity contribution >= 4 is 34.2 Å². The molecule has 2 nitrogen and oxygen atoms in total. The summed E-state index contributed by atoms with van der Waals surface area (Å²) < 4.78 is 25.7. The van der Waals surface area contributed by atoms with Gasteiger partial charge in [-0.05, 0) is 28.2 Å². The highest BCUT2D eigenvalue weighted by Gasteiger charge is 2.18. The Kier molecular flexibility index (Phi) is 4.67. The molecule has 0 aliphatic rings. The summed E-state index contributed by atoms with van der Waals surface area (Å²) in [6.07, 6.45) is -1.44. The van der Waals surface area contributed by atoms with E-state index in [2.05, 4.69) is 4.98 Å². The molecule has 0 spiro atoms. The number of hydrogen-bond donors (Lipinski definition) is 0. The van der Waals surface area contributed by atoms with Gasteiger partial charge >= 0.3 is 0 Å². The number of rotatable bonds is 3. The number of nitriles is 1. The van der Waals surface area contributed by atoms with Gasteiger partial charge in [0.15, 0.2) is 0 Å². The molecule has 80 valence electrons. The third-order valence-electron chi connectivity index (χ3n) is 1.90. The van der Waals surface area contributed by atoms with E-state index in [1.165, 1.54) is 0 Å². The van der Waals surface area contributed by atoms with Crippen molar-refractivity contribution in [3.05, 3.63) is 26.6 Å². The van der Waals surface area contributed by atoms with Gasteiger partial charge in [0.2, 0.25) is 0 Å². The molecule has 0 unspecified atom stereocenters. The molecule has 1 aromatic rings. The van der Waals surface area contributed by atoms with Gasteiger partial charge in [-0.3, -0.25) is 0 Å². The van der Waals surface area contributed by atoms with E-state index in [1.807, 2.05) is 28.7 Å². The summed E-state index contributed by atoms with van der Waals surface area (Å²) in [5, 5.41) is 8.58. The molecule has 0 aromatic carbocycles. The van der Waals surface area contributed by atoms with Gasteiger partial charge in [0, 0.05) is 23.2 Å². The second-order valence-corrected chi connectivity index (χ2v) is 4.02. The minimum atomic E-state index is -2.61. The zero-order valence-electron chi connectivity index (χ0n) is 7.48. The molecule has 0 fully saturated rings. The van der Waals surface area contributed by atoms with Crippen LogP contribution in [-0.2, 0) is 12.3 Å². The van der Waals surface area contributed by atoms with E-state index in [-0.39, 0.29) is 17.9 Å². The third kappa shape index (κ3) is 2.75. The van der Waals surface area contributed by atoms with E-state index in [0.717, 1.165) is 6.20 Å². The highest BCUT2D eigenvalue weighted by molar-refractivity contribution is 14.1. The van der Waals surface area contributed by atoms with Crippen LogP contribution in [0.15, 0.2) is 6.20 Å². The molecule has 0 saturated heterocycles. The van der Waals surface area contributed by atoms with Gasteiger partial charge < -0.3 is 0 Å². The molecule has 1 rings (SSSR count). The Hall–Kier alpha value is -0.480. The van der Waals surface area contributed by atoms with E-state index in [0.29, 0.717) is 14.8 Å². The molecular formula is C9H6ClF2IN2. The second-order valence-electron chi connectivity index (χ2n) is 2.73. The molecule has 0 aliphatic heterocycles. The monoisotopic (exact) mass is 342 g/mol. The molecule has 0 aliphatic carbocycles. The Morgan fingerprint density at radius 2 is 2.20 bits per heavy atom. The summed E-state index contributed by atoms with van der Waals surface area (Å²) in [7, 11) is 0. The van der Waals surface area contributed by atoms with Gasteiger partial charge in [0.05, 0.1) is 12.5 Å². The fraction of sp³-hybridized carbons (Fsp3) is 0.333. The molecule has 0 atom stereocenters. The zero-order valence-corrected chi connectivity index (χ0v) is 10.4. The molecule has 1 aromatic heterocycles. The predicted molar refractivity (Wildman–Crippen MR) is 60.8 cm³/mol. The van der Waals surface area contributed by atoms with Crippen LogP contribution in [0.2, 0.25) is 0 Å². The maximum absolute atomic E-state index is 12.6. The van der Waals surface area contributed by atoms with Crippen LogP contribution in [0.3, 0.4) is 0 Å². The fourth-order valence-electron chi connectivity index (χ4n) is 1.19. The molecular weight excluding hydrogens is 336 g/mol. The minimum Gasteiger partial charge on any atom is -0.249 e. The predicted octanol–water partition coefficient (Wildman–Crippen LogP) is 3.43. The third-order valence-corrected chi connectivity index (χ3v) is 3.10.